The van der Waals surface area contributed by atoms with Crippen LogP contribution in [0.25, 0.3) is 6.08 Å². The lowest BCUT2D eigenvalue weighted by atomic mass is 10.0. The number of nitrogens with one attached hydrogen (secondary N) is 1. The molecular formula is C19H17F2NO2. The monoisotopic (exact) mass is 329 g/mol. The molecule has 1 amide bonds. The topological polar surface area (TPSA) is 38.3 Å². The second-order valence-electron chi connectivity index (χ2n) is 5.73. The van der Waals surface area contributed by atoms with Crippen LogP contribution in [0.1, 0.15) is 29.7 Å². The van der Waals surface area contributed by atoms with E-state index in [1.54, 1.807) is 0 Å². The number of halogens is 2. The number of hydrogen-bond donors (Lipinski definition) is 1. The van der Waals surface area contributed by atoms with Crippen LogP contribution >= 0.6 is 0 Å². The van der Waals surface area contributed by atoms with Gasteiger partial charge in [0.1, 0.15) is 17.4 Å². The summed E-state index contributed by atoms with van der Waals surface area (Å²) in [5, 5.41) is 2.83. The fourth-order valence-corrected chi connectivity index (χ4v) is 2.66. The fraction of sp³-hybridized carbons (Fsp3) is 0.211. The predicted octanol–water partition coefficient (Wildman–Crippen LogP) is 3.79. The van der Waals surface area contributed by atoms with Gasteiger partial charge in [0.2, 0.25) is 5.91 Å². The molecule has 3 rings (SSSR count). The molecule has 24 heavy (non-hydrogen) atoms. The zero-order valence-electron chi connectivity index (χ0n) is 13.2. The van der Waals surface area contributed by atoms with Crippen molar-refractivity contribution in [2.75, 3.05) is 6.61 Å². The van der Waals surface area contributed by atoms with Crippen LogP contribution in [0.5, 0.6) is 5.75 Å². The van der Waals surface area contributed by atoms with Crippen molar-refractivity contribution in [2.45, 2.75) is 19.4 Å². The second kappa shape index (κ2) is 6.83. The quantitative estimate of drug-likeness (QED) is 0.867. The van der Waals surface area contributed by atoms with E-state index >= 15 is 0 Å². The maximum Gasteiger partial charge on any atom is 0.244 e. The van der Waals surface area contributed by atoms with Crippen molar-refractivity contribution in [2.24, 2.45) is 0 Å². The van der Waals surface area contributed by atoms with Gasteiger partial charge >= 0.3 is 0 Å². The molecule has 3 nitrogen and oxygen atoms in total. The smallest absolute Gasteiger partial charge is 0.244 e. The Hall–Kier alpha value is -2.69. The first-order valence-electron chi connectivity index (χ1n) is 7.71. The summed E-state index contributed by atoms with van der Waals surface area (Å²) < 4.78 is 31.7. The van der Waals surface area contributed by atoms with Crippen molar-refractivity contribution in [1.82, 2.24) is 5.32 Å². The minimum Gasteiger partial charge on any atom is -0.493 e. The van der Waals surface area contributed by atoms with E-state index in [0.717, 1.165) is 41.5 Å². The third kappa shape index (κ3) is 3.79. The number of amides is 1. The van der Waals surface area contributed by atoms with E-state index in [0.29, 0.717) is 12.2 Å². The van der Waals surface area contributed by atoms with Gasteiger partial charge in [-0.05, 0) is 54.0 Å². The second-order valence-corrected chi connectivity index (χ2v) is 5.73. The van der Waals surface area contributed by atoms with Crippen LogP contribution in [-0.2, 0) is 11.2 Å². The zero-order valence-corrected chi connectivity index (χ0v) is 13.2. The molecule has 0 unspecified atom stereocenters. The van der Waals surface area contributed by atoms with E-state index in [1.807, 2.05) is 25.1 Å². The SMILES string of the molecule is C[C@H](NC(=O)/C=C/c1cc(F)cc(F)c1)c1ccc2c(c1)CCO2. The Morgan fingerprint density at radius 2 is 1.96 bits per heavy atom. The minimum absolute atomic E-state index is 0.183. The summed E-state index contributed by atoms with van der Waals surface area (Å²) >= 11 is 0. The summed E-state index contributed by atoms with van der Waals surface area (Å²) in [4.78, 5) is 12.0. The molecule has 0 spiro atoms. The van der Waals surface area contributed by atoms with Crippen molar-refractivity contribution in [3.05, 3.63) is 70.8 Å². The highest BCUT2D eigenvalue weighted by Crippen LogP contribution is 2.28. The Labute approximate surface area is 139 Å². The summed E-state index contributed by atoms with van der Waals surface area (Å²) in [6, 6.07) is 8.79. The Kier molecular flexibility index (Phi) is 4.60. The van der Waals surface area contributed by atoms with Gasteiger partial charge < -0.3 is 10.1 Å². The molecule has 0 saturated heterocycles. The maximum absolute atomic E-state index is 13.1. The molecule has 0 fully saturated rings. The maximum atomic E-state index is 13.1. The van der Waals surface area contributed by atoms with Crippen molar-refractivity contribution in [1.29, 1.82) is 0 Å². The Morgan fingerprint density at radius 1 is 1.21 bits per heavy atom. The molecular weight excluding hydrogens is 312 g/mol. The molecule has 1 heterocycles. The molecule has 0 aliphatic carbocycles. The van der Waals surface area contributed by atoms with Crippen LogP contribution in [0.15, 0.2) is 42.5 Å². The lowest BCUT2D eigenvalue weighted by Gasteiger charge is -2.14. The molecule has 1 aliphatic heterocycles. The van der Waals surface area contributed by atoms with Crippen LogP contribution < -0.4 is 10.1 Å². The molecule has 0 radical (unpaired) electrons. The Bertz CT molecular complexity index is 782. The summed E-state index contributed by atoms with van der Waals surface area (Å²) in [6.45, 7) is 2.57. The molecule has 1 aliphatic rings. The summed E-state index contributed by atoms with van der Waals surface area (Å²) in [5.41, 5.74) is 2.42. The Morgan fingerprint density at radius 3 is 2.71 bits per heavy atom. The lowest BCUT2D eigenvalue weighted by Crippen LogP contribution is -2.24. The number of carbonyl (C=O) groups is 1. The molecule has 0 aromatic heterocycles. The summed E-state index contributed by atoms with van der Waals surface area (Å²) in [6.07, 6.45) is 3.51. The molecule has 0 bridgehead atoms. The van der Waals surface area contributed by atoms with E-state index < -0.39 is 11.6 Å². The van der Waals surface area contributed by atoms with E-state index in [-0.39, 0.29) is 11.9 Å². The van der Waals surface area contributed by atoms with Crippen molar-refractivity contribution >= 4 is 12.0 Å². The van der Waals surface area contributed by atoms with Gasteiger partial charge in [-0.1, -0.05) is 6.07 Å². The van der Waals surface area contributed by atoms with Crippen LogP contribution in [0.4, 0.5) is 8.78 Å². The fourth-order valence-electron chi connectivity index (χ4n) is 2.66. The van der Waals surface area contributed by atoms with Gasteiger partial charge in [0, 0.05) is 18.6 Å². The van der Waals surface area contributed by atoms with Crippen molar-refractivity contribution < 1.29 is 18.3 Å². The zero-order chi connectivity index (χ0) is 17.1. The van der Waals surface area contributed by atoms with E-state index in [9.17, 15) is 13.6 Å². The van der Waals surface area contributed by atoms with Gasteiger partial charge in [0.25, 0.3) is 0 Å². The van der Waals surface area contributed by atoms with Gasteiger partial charge in [-0.15, -0.1) is 0 Å². The van der Waals surface area contributed by atoms with Crippen molar-refractivity contribution in [3.8, 4) is 5.75 Å². The lowest BCUT2D eigenvalue weighted by molar-refractivity contribution is -0.117. The number of benzene rings is 2. The highest BCUT2D eigenvalue weighted by molar-refractivity contribution is 5.91. The normalized spacial score (nSPS) is 14.3. The highest BCUT2D eigenvalue weighted by Gasteiger charge is 2.15. The molecule has 5 heteroatoms. The molecule has 2 aromatic rings. The first kappa shape index (κ1) is 16.2. The van der Waals surface area contributed by atoms with Gasteiger partial charge in [0.15, 0.2) is 0 Å². The van der Waals surface area contributed by atoms with Crippen LogP contribution in [0.3, 0.4) is 0 Å². The first-order valence-corrected chi connectivity index (χ1v) is 7.71. The number of ether oxygens (including phenoxy) is 1. The number of hydrogen-bond acceptors (Lipinski definition) is 2. The average Bonchev–Trinajstić information content (AvgIpc) is 2.99. The van der Waals surface area contributed by atoms with E-state index in [2.05, 4.69) is 5.32 Å². The van der Waals surface area contributed by atoms with E-state index in [4.69, 9.17) is 4.74 Å². The Balaban J connectivity index is 1.64. The first-order chi connectivity index (χ1) is 11.5. The molecule has 1 atom stereocenters. The molecule has 124 valence electrons. The number of rotatable bonds is 4. The predicted molar refractivity (Wildman–Crippen MR) is 87.6 cm³/mol. The average molecular weight is 329 g/mol. The van der Waals surface area contributed by atoms with Gasteiger partial charge in [0.05, 0.1) is 12.6 Å². The van der Waals surface area contributed by atoms with Crippen LogP contribution in [0.2, 0.25) is 0 Å². The standard InChI is InChI=1S/C19H17F2NO2/c1-12(14-3-4-18-15(10-14)6-7-24-18)22-19(23)5-2-13-8-16(20)11-17(21)9-13/h2-5,8-12H,6-7H2,1H3,(H,22,23)/b5-2+/t12-/m0/s1. The third-order valence-corrected chi connectivity index (χ3v) is 3.88. The molecule has 2 aromatic carbocycles. The summed E-state index contributed by atoms with van der Waals surface area (Å²) in [7, 11) is 0. The van der Waals surface area contributed by atoms with Crippen molar-refractivity contribution in [3.63, 3.8) is 0 Å². The van der Waals surface area contributed by atoms with Gasteiger partial charge in [-0.2, -0.15) is 0 Å². The largest absolute Gasteiger partial charge is 0.493 e. The minimum atomic E-state index is -0.677. The number of fused-ring (bicyclic) bond motifs is 1. The third-order valence-electron chi connectivity index (χ3n) is 3.88. The molecule has 1 N–H and O–H groups in total. The summed E-state index contributed by atoms with van der Waals surface area (Å²) in [5.74, 6) is -0.790. The van der Waals surface area contributed by atoms with Gasteiger partial charge in [-0.25, -0.2) is 8.78 Å². The highest BCUT2D eigenvalue weighted by atomic mass is 19.1. The van der Waals surface area contributed by atoms with Gasteiger partial charge in [-0.3, -0.25) is 4.79 Å². The van der Waals surface area contributed by atoms with Crippen LogP contribution in [-0.4, -0.2) is 12.5 Å². The number of carbonyl (C=O) groups excluding carboxylic acids is 1. The van der Waals surface area contributed by atoms with E-state index in [1.165, 1.54) is 12.2 Å². The van der Waals surface area contributed by atoms with Crippen LogP contribution in [0, 0.1) is 11.6 Å². The molecule has 0 saturated carbocycles.